The summed E-state index contributed by atoms with van der Waals surface area (Å²) in [5.41, 5.74) is -0.971. The van der Waals surface area contributed by atoms with Crippen LogP contribution in [-0.4, -0.2) is 82.8 Å². The Kier molecular flexibility index (Phi) is 11.5. The minimum atomic E-state index is -1.26. The van der Waals surface area contributed by atoms with Crippen LogP contribution in [0.1, 0.15) is 90.3 Å². The number of aliphatic hydroxyl groups is 2. The van der Waals surface area contributed by atoms with Gasteiger partial charge in [0, 0.05) is 21.4 Å². The molecule has 246 valence electrons. The van der Waals surface area contributed by atoms with E-state index in [9.17, 15) is 30.1 Å². The Balaban J connectivity index is 0.000000248. The maximum Gasteiger partial charge on any atom is 0.499 e. The maximum atomic E-state index is 11.5. The van der Waals surface area contributed by atoms with Crippen molar-refractivity contribution in [2.75, 3.05) is 19.8 Å². The number of nitro groups is 1. The summed E-state index contributed by atoms with van der Waals surface area (Å²) in [6.45, 7) is 14.7. The number of carbonyl (C=O) groups is 1. The van der Waals surface area contributed by atoms with Crippen LogP contribution in [0.4, 0.5) is 0 Å². The van der Waals surface area contributed by atoms with Crippen molar-refractivity contribution in [2.45, 2.75) is 96.7 Å². The normalized spacial score (nSPS) is 20.7. The summed E-state index contributed by atoms with van der Waals surface area (Å²) in [7, 11) is -1.95. The van der Waals surface area contributed by atoms with Crippen molar-refractivity contribution in [3.63, 3.8) is 0 Å². The molecule has 0 aliphatic carbocycles. The Labute approximate surface area is 265 Å². The fraction of sp³-hybridized carbons (Fsp3) is 0.581. The Morgan fingerprint density at radius 3 is 1.89 bits per heavy atom. The summed E-state index contributed by atoms with van der Waals surface area (Å²) in [6, 6.07) is 10.2. The van der Waals surface area contributed by atoms with E-state index in [2.05, 4.69) is 0 Å². The van der Waals surface area contributed by atoms with Crippen molar-refractivity contribution >= 4 is 31.4 Å². The molecule has 2 aliphatic rings. The van der Waals surface area contributed by atoms with Crippen molar-refractivity contribution in [3.05, 3.63) is 57.6 Å². The molecule has 2 aromatic rings. The minimum absolute atomic E-state index is 0.0621. The van der Waals surface area contributed by atoms with Crippen molar-refractivity contribution < 1.29 is 48.4 Å². The maximum absolute atomic E-state index is 11.5. The number of aldehydes is 1. The third-order valence-electron chi connectivity index (χ3n) is 8.62. The molecule has 0 bridgehead atoms. The first-order valence-corrected chi connectivity index (χ1v) is 15.1. The van der Waals surface area contributed by atoms with Gasteiger partial charge in [0.1, 0.15) is 37.1 Å². The molecule has 1 fully saturated rings. The van der Waals surface area contributed by atoms with Crippen LogP contribution in [0.5, 0.6) is 11.5 Å². The highest BCUT2D eigenvalue weighted by Crippen LogP contribution is 2.37. The lowest BCUT2D eigenvalue weighted by Gasteiger charge is -2.32. The lowest BCUT2D eigenvalue weighted by Crippen LogP contribution is -2.41. The van der Waals surface area contributed by atoms with Crippen LogP contribution in [-0.2, 0) is 14.0 Å². The predicted octanol–water partition coefficient (Wildman–Crippen LogP) is 2.60. The zero-order valence-electron chi connectivity index (χ0n) is 27.4. The van der Waals surface area contributed by atoms with Gasteiger partial charge in [-0.2, -0.15) is 0 Å². The molecule has 0 spiro atoms. The molecule has 3 unspecified atom stereocenters. The van der Waals surface area contributed by atoms with Gasteiger partial charge in [0.25, 0.3) is 0 Å². The molecular formula is C31H45B2NO11. The number of hydrogen-bond donors (Lipinski definition) is 3. The highest BCUT2D eigenvalue weighted by Gasteiger charge is 2.53. The summed E-state index contributed by atoms with van der Waals surface area (Å²) >= 11 is 0. The highest BCUT2D eigenvalue weighted by molar-refractivity contribution is 6.64. The molecule has 45 heavy (non-hydrogen) atoms. The van der Waals surface area contributed by atoms with Crippen LogP contribution < -0.4 is 20.4 Å². The molecule has 4 rings (SSSR count). The van der Waals surface area contributed by atoms with E-state index in [1.165, 1.54) is 0 Å². The van der Waals surface area contributed by atoms with Crippen molar-refractivity contribution in [3.8, 4) is 11.5 Å². The lowest BCUT2D eigenvalue weighted by molar-refractivity contribution is -0.490. The Morgan fingerprint density at radius 1 is 0.933 bits per heavy atom. The first-order valence-electron chi connectivity index (χ1n) is 15.1. The van der Waals surface area contributed by atoms with Gasteiger partial charge in [0.05, 0.1) is 22.4 Å². The molecule has 2 aromatic carbocycles. The van der Waals surface area contributed by atoms with Crippen molar-refractivity contribution in [2.24, 2.45) is 0 Å². The second-order valence-corrected chi connectivity index (χ2v) is 13.0. The largest absolute Gasteiger partial charge is 0.499 e. The number of rotatable bonds is 12. The number of benzene rings is 2. The zero-order valence-corrected chi connectivity index (χ0v) is 27.4. The van der Waals surface area contributed by atoms with Crippen LogP contribution in [0.2, 0.25) is 0 Å². The van der Waals surface area contributed by atoms with Gasteiger partial charge in [-0.1, -0.05) is 38.1 Å². The van der Waals surface area contributed by atoms with Gasteiger partial charge in [-0.25, -0.2) is 0 Å². The van der Waals surface area contributed by atoms with Crippen molar-refractivity contribution in [1.82, 2.24) is 0 Å². The van der Waals surface area contributed by atoms with Gasteiger partial charge < -0.3 is 38.7 Å². The van der Waals surface area contributed by atoms with Crippen LogP contribution in [0, 0.1) is 10.1 Å². The van der Waals surface area contributed by atoms with Gasteiger partial charge in [0.15, 0.2) is 0 Å². The molecule has 2 heterocycles. The Bertz CT molecular complexity index is 1330. The molecular weight excluding hydrogens is 584 g/mol. The summed E-state index contributed by atoms with van der Waals surface area (Å²) in [5, 5.41) is 40.7. The first-order chi connectivity index (χ1) is 20.9. The van der Waals surface area contributed by atoms with E-state index < -0.39 is 54.2 Å². The van der Waals surface area contributed by atoms with E-state index in [0.29, 0.717) is 46.4 Å². The molecule has 3 atom stereocenters. The smallest absolute Gasteiger partial charge is 0.491 e. The highest BCUT2D eigenvalue weighted by atomic mass is 16.7. The molecule has 14 heteroatoms. The number of fused-ring (bicyclic) bond motifs is 1. The second-order valence-electron chi connectivity index (χ2n) is 13.0. The van der Waals surface area contributed by atoms with E-state index in [-0.39, 0.29) is 13.2 Å². The minimum Gasteiger partial charge on any atom is -0.491 e. The number of ether oxygens (including phenoxy) is 2. The van der Waals surface area contributed by atoms with Gasteiger partial charge in [-0.3, -0.25) is 14.9 Å². The van der Waals surface area contributed by atoms with Gasteiger partial charge >= 0.3 is 14.2 Å². The monoisotopic (exact) mass is 629 g/mol. The van der Waals surface area contributed by atoms with E-state index >= 15 is 0 Å². The second kappa shape index (κ2) is 14.2. The van der Waals surface area contributed by atoms with Crippen LogP contribution in [0.25, 0.3) is 0 Å². The summed E-state index contributed by atoms with van der Waals surface area (Å²) < 4.78 is 28.7. The van der Waals surface area contributed by atoms with E-state index in [4.69, 9.17) is 23.4 Å². The summed E-state index contributed by atoms with van der Waals surface area (Å²) in [4.78, 5) is 21.6. The fourth-order valence-electron chi connectivity index (χ4n) is 4.48. The average Bonchev–Trinajstić information content (AvgIpc) is 3.40. The Hall–Kier alpha value is -3.00. The van der Waals surface area contributed by atoms with Gasteiger partial charge in [-0.15, -0.1) is 0 Å². The summed E-state index contributed by atoms with van der Waals surface area (Å²) in [6.07, 6.45) is 1.06. The van der Waals surface area contributed by atoms with E-state index in [0.717, 1.165) is 6.29 Å². The molecule has 2 aliphatic heterocycles. The number of carbonyl (C=O) groups excluding carboxylic acids is 1. The van der Waals surface area contributed by atoms with E-state index in [1.807, 2.05) is 41.5 Å². The molecule has 0 aromatic heterocycles. The molecule has 0 saturated carbocycles. The average molecular weight is 629 g/mol. The van der Waals surface area contributed by atoms with Gasteiger partial charge in [0.2, 0.25) is 6.54 Å². The fourth-order valence-corrected chi connectivity index (χ4v) is 4.48. The lowest BCUT2D eigenvalue weighted by atomic mass is 9.75. The predicted molar refractivity (Wildman–Crippen MR) is 170 cm³/mol. The topological polar surface area (TPSA) is 167 Å². The van der Waals surface area contributed by atoms with E-state index in [1.54, 1.807) is 50.2 Å². The van der Waals surface area contributed by atoms with Crippen molar-refractivity contribution in [1.29, 1.82) is 0 Å². The first kappa shape index (κ1) is 36.5. The quantitative estimate of drug-likeness (QED) is 0.137. The molecule has 1 saturated heterocycles. The zero-order chi connectivity index (χ0) is 33.8. The molecule has 0 amide bonds. The van der Waals surface area contributed by atoms with Crippen LogP contribution >= 0.6 is 0 Å². The third-order valence-corrected chi connectivity index (χ3v) is 8.62. The van der Waals surface area contributed by atoms with Crippen LogP contribution in [0.15, 0.2) is 36.4 Å². The standard InChI is InChI=1S/C18H27BO5.C13H18BNO6/c1-7-18(6,21)12-22-14-10-8-9-13(11-20)15(14)19-23-16(2,3)17(4,5)24-19;1-3-13(2,16)8-20-10-6-4-5-9-11(7-15(18)19)21-14(17)12(9)10/h8-11,21H,7,12H2,1-6H3;4-6,11,16-17H,3,7-8H2,1-2H3. The Morgan fingerprint density at radius 2 is 1.42 bits per heavy atom. The molecule has 0 radical (unpaired) electrons. The number of nitrogens with zero attached hydrogens (tertiary/aromatic N) is 1. The molecule has 12 nitrogen and oxygen atoms in total. The summed E-state index contributed by atoms with van der Waals surface area (Å²) in [5.74, 6) is 0.867. The van der Waals surface area contributed by atoms with Crippen LogP contribution in [0.3, 0.4) is 0 Å². The van der Waals surface area contributed by atoms with Gasteiger partial charge in [-0.05, 0) is 72.1 Å². The third kappa shape index (κ3) is 8.84. The number of hydrogen-bond acceptors (Lipinski definition) is 11. The SMILES string of the molecule is CCC(C)(O)COc1cccc(C=O)c1B1OC(C)(C)C(C)(C)O1.CCC(C)(O)COc1cccc2c1B(O)OC2C[N+](=O)[O-]. The molecule has 3 N–H and O–H groups in total.